The Labute approximate surface area is 147 Å². The van der Waals surface area contributed by atoms with E-state index in [1.807, 2.05) is 0 Å². The first-order chi connectivity index (χ1) is 11.5. The van der Waals surface area contributed by atoms with Gasteiger partial charge in [0, 0.05) is 22.6 Å². The summed E-state index contributed by atoms with van der Waals surface area (Å²) >= 11 is 2.43. The SMILES string of the molecule is O=C(N[C@H]1CCSC1=O)c1cccc(C(=O)N[C@H]2CCSC2=O)c1. The molecule has 1 aromatic rings. The van der Waals surface area contributed by atoms with Crippen molar-refractivity contribution in [3.05, 3.63) is 35.4 Å². The molecule has 1 aromatic carbocycles. The van der Waals surface area contributed by atoms with Gasteiger partial charge in [-0.05, 0) is 31.0 Å². The summed E-state index contributed by atoms with van der Waals surface area (Å²) in [6, 6.07) is 5.34. The summed E-state index contributed by atoms with van der Waals surface area (Å²) in [5.74, 6) is 0.662. The van der Waals surface area contributed by atoms with Gasteiger partial charge in [-0.2, -0.15) is 0 Å². The highest BCUT2D eigenvalue weighted by Gasteiger charge is 2.28. The average molecular weight is 364 g/mol. The molecular formula is C16H16N2O4S2. The van der Waals surface area contributed by atoms with E-state index in [4.69, 9.17) is 0 Å². The van der Waals surface area contributed by atoms with Crippen LogP contribution < -0.4 is 10.6 Å². The molecule has 2 aliphatic rings. The number of carbonyl (C=O) groups is 4. The molecule has 2 aliphatic heterocycles. The fourth-order valence-electron chi connectivity index (χ4n) is 2.54. The Morgan fingerprint density at radius 3 is 1.71 bits per heavy atom. The second kappa shape index (κ2) is 7.40. The number of rotatable bonds is 4. The molecule has 3 rings (SSSR count). The summed E-state index contributed by atoms with van der Waals surface area (Å²) in [4.78, 5) is 47.7. The molecule has 126 valence electrons. The normalized spacial score (nSPS) is 23.3. The number of benzene rings is 1. The van der Waals surface area contributed by atoms with Crippen LogP contribution in [0.1, 0.15) is 33.6 Å². The van der Waals surface area contributed by atoms with Crippen LogP contribution in [-0.4, -0.2) is 45.6 Å². The summed E-state index contributed by atoms with van der Waals surface area (Å²) in [7, 11) is 0. The molecule has 8 heteroatoms. The van der Waals surface area contributed by atoms with Gasteiger partial charge in [-0.25, -0.2) is 0 Å². The second-order valence-corrected chi connectivity index (χ2v) is 7.74. The van der Waals surface area contributed by atoms with Gasteiger partial charge >= 0.3 is 0 Å². The number of thioether (sulfide) groups is 2. The molecular weight excluding hydrogens is 348 g/mol. The molecule has 0 bridgehead atoms. The second-order valence-electron chi connectivity index (χ2n) is 5.55. The Bertz CT molecular complexity index is 652. The van der Waals surface area contributed by atoms with E-state index in [0.29, 0.717) is 35.5 Å². The number of hydrogen-bond donors (Lipinski definition) is 2. The number of nitrogens with one attached hydrogen (secondary N) is 2. The van der Waals surface area contributed by atoms with Gasteiger partial charge in [-0.15, -0.1) is 0 Å². The molecule has 0 radical (unpaired) electrons. The summed E-state index contributed by atoms with van der Waals surface area (Å²) in [5.41, 5.74) is 0.638. The van der Waals surface area contributed by atoms with Crippen LogP contribution in [0.2, 0.25) is 0 Å². The van der Waals surface area contributed by atoms with Gasteiger partial charge in [0.05, 0.1) is 12.1 Å². The van der Waals surface area contributed by atoms with Crippen molar-refractivity contribution in [1.82, 2.24) is 10.6 Å². The van der Waals surface area contributed by atoms with Gasteiger partial charge in [0.1, 0.15) is 0 Å². The van der Waals surface area contributed by atoms with Gasteiger partial charge in [-0.3, -0.25) is 19.2 Å². The third-order valence-corrected chi connectivity index (χ3v) is 5.89. The molecule has 2 N–H and O–H groups in total. The maximum atomic E-state index is 12.3. The van der Waals surface area contributed by atoms with Crippen molar-refractivity contribution < 1.29 is 19.2 Å². The lowest BCUT2D eigenvalue weighted by molar-refractivity contribution is -0.112. The van der Waals surface area contributed by atoms with Gasteiger partial charge in [0.25, 0.3) is 11.8 Å². The van der Waals surface area contributed by atoms with Gasteiger partial charge < -0.3 is 10.6 Å². The molecule has 2 fully saturated rings. The lowest BCUT2D eigenvalue weighted by Gasteiger charge is -2.12. The third kappa shape index (κ3) is 3.81. The predicted octanol–water partition coefficient (Wildman–Crippen LogP) is 1.21. The van der Waals surface area contributed by atoms with E-state index in [0.717, 1.165) is 0 Å². The Hall–Kier alpha value is -1.80. The van der Waals surface area contributed by atoms with Crippen LogP contribution in [0.5, 0.6) is 0 Å². The monoisotopic (exact) mass is 364 g/mol. The number of hydrogen-bond acceptors (Lipinski definition) is 6. The molecule has 2 saturated heterocycles. The topological polar surface area (TPSA) is 92.3 Å². The van der Waals surface area contributed by atoms with Crippen LogP contribution in [0.25, 0.3) is 0 Å². The quantitative estimate of drug-likeness (QED) is 0.834. The Morgan fingerprint density at radius 2 is 1.33 bits per heavy atom. The van der Waals surface area contributed by atoms with Crippen LogP contribution in [0.15, 0.2) is 24.3 Å². The minimum absolute atomic E-state index is 0.0329. The minimum Gasteiger partial charge on any atom is -0.341 e. The first-order valence-electron chi connectivity index (χ1n) is 7.59. The summed E-state index contributed by atoms with van der Waals surface area (Å²) in [6.07, 6.45) is 1.24. The van der Waals surface area contributed by atoms with E-state index in [1.165, 1.54) is 29.6 Å². The molecule has 24 heavy (non-hydrogen) atoms. The highest BCUT2D eigenvalue weighted by Crippen LogP contribution is 2.21. The Kier molecular flexibility index (Phi) is 5.25. The average Bonchev–Trinajstić information content (AvgIpc) is 3.16. The number of carbonyl (C=O) groups excluding carboxylic acids is 4. The van der Waals surface area contributed by atoms with Crippen LogP contribution in [-0.2, 0) is 9.59 Å². The fraction of sp³-hybridized carbons (Fsp3) is 0.375. The predicted molar refractivity (Wildman–Crippen MR) is 93.1 cm³/mol. The molecule has 2 heterocycles. The number of amides is 2. The molecule has 0 unspecified atom stereocenters. The molecule has 2 amide bonds. The van der Waals surface area contributed by atoms with Crippen molar-refractivity contribution >= 4 is 45.6 Å². The Balaban J connectivity index is 1.66. The minimum atomic E-state index is -0.465. The zero-order chi connectivity index (χ0) is 17.1. The zero-order valence-electron chi connectivity index (χ0n) is 12.7. The molecule has 0 aliphatic carbocycles. The van der Waals surface area contributed by atoms with Crippen molar-refractivity contribution in [1.29, 1.82) is 0 Å². The molecule has 0 saturated carbocycles. The molecule has 2 atom stereocenters. The molecule has 0 spiro atoms. The smallest absolute Gasteiger partial charge is 0.251 e. The van der Waals surface area contributed by atoms with E-state index in [2.05, 4.69) is 10.6 Å². The van der Waals surface area contributed by atoms with E-state index < -0.39 is 12.1 Å². The van der Waals surface area contributed by atoms with E-state index in [9.17, 15) is 19.2 Å². The first-order valence-corrected chi connectivity index (χ1v) is 9.57. The van der Waals surface area contributed by atoms with Crippen molar-refractivity contribution in [2.45, 2.75) is 24.9 Å². The highest BCUT2D eigenvalue weighted by molar-refractivity contribution is 8.14. The van der Waals surface area contributed by atoms with E-state index in [-0.39, 0.29) is 22.0 Å². The summed E-state index contributed by atoms with van der Waals surface area (Å²) in [5, 5.41) is 5.32. The van der Waals surface area contributed by atoms with Crippen LogP contribution in [0, 0.1) is 0 Å². The fourth-order valence-corrected chi connectivity index (χ4v) is 4.40. The standard InChI is InChI=1S/C16H16N2O4S2/c19-13(17-11-4-6-23-15(11)21)9-2-1-3-10(8-9)14(20)18-12-5-7-24-16(12)22/h1-3,8,11-12H,4-7H2,(H,17,19)(H,18,20)/t11-,12-/m0/s1. The van der Waals surface area contributed by atoms with Crippen molar-refractivity contribution in [2.24, 2.45) is 0 Å². The van der Waals surface area contributed by atoms with Crippen molar-refractivity contribution in [3.8, 4) is 0 Å². The lowest BCUT2D eigenvalue weighted by Crippen LogP contribution is -2.38. The van der Waals surface area contributed by atoms with Crippen molar-refractivity contribution in [2.75, 3.05) is 11.5 Å². The summed E-state index contributed by atoms with van der Waals surface area (Å²) in [6.45, 7) is 0. The van der Waals surface area contributed by atoms with Gasteiger partial charge in [-0.1, -0.05) is 29.6 Å². The van der Waals surface area contributed by atoms with Crippen LogP contribution in [0.3, 0.4) is 0 Å². The lowest BCUT2D eigenvalue weighted by atomic mass is 10.1. The van der Waals surface area contributed by atoms with Gasteiger partial charge in [0.2, 0.25) is 10.2 Å². The van der Waals surface area contributed by atoms with Crippen LogP contribution in [0.4, 0.5) is 0 Å². The van der Waals surface area contributed by atoms with Crippen molar-refractivity contribution in [3.63, 3.8) is 0 Å². The van der Waals surface area contributed by atoms with Crippen LogP contribution >= 0.6 is 23.5 Å². The maximum Gasteiger partial charge on any atom is 0.251 e. The molecule has 0 aromatic heterocycles. The maximum absolute atomic E-state index is 12.3. The van der Waals surface area contributed by atoms with E-state index in [1.54, 1.807) is 18.2 Å². The van der Waals surface area contributed by atoms with Gasteiger partial charge in [0.15, 0.2) is 0 Å². The third-order valence-electron chi connectivity index (χ3n) is 3.87. The van der Waals surface area contributed by atoms with E-state index >= 15 is 0 Å². The largest absolute Gasteiger partial charge is 0.341 e. The summed E-state index contributed by atoms with van der Waals surface area (Å²) < 4.78 is 0. The first kappa shape index (κ1) is 17.0. The Morgan fingerprint density at radius 1 is 0.875 bits per heavy atom. The highest BCUT2D eigenvalue weighted by atomic mass is 32.2. The molecule has 6 nitrogen and oxygen atoms in total. The zero-order valence-corrected chi connectivity index (χ0v) is 14.4.